The number of hydrogen-bond acceptors (Lipinski definition) is 5. The molecule has 0 aliphatic carbocycles. The summed E-state index contributed by atoms with van der Waals surface area (Å²) in [5, 5.41) is 4.42. The Labute approximate surface area is 143 Å². The zero-order chi connectivity index (χ0) is 16.8. The van der Waals surface area contributed by atoms with E-state index in [0.29, 0.717) is 22.2 Å². The number of nitrogens with zero attached hydrogens (tertiary/aromatic N) is 1. The lowest BCUT2D eigenvalue weighted by Gasteiger charge is -2.06. The van der Waals surface area contributed by atoms with Crippen molar-refractivity contribution in [2.24, 2.45) is 0 Å². The average molecular weight is 344 g/mol. The molecule has 1 aromatic heterocycles. The molecule has 1 heterocycles. The molecule has 3 rings (SSSR count). The molecular weight excluding hydrogens is 330 g/mol. The summed E-state index contributed by atoms with van der Waals surface area (Å²) in [7, 11) is 0. The highest BCUT2D eigenvalue weighted by Crippen LogP contribution is 2.20. The highest BCUT2D eigenvalue weighted by atomic mass is 35.5. The van der Waals surface area contributed by atoms with Gasteiger partial charge in [-0.1, -0.05) is 53.2 Å². The van der Waals surface area contributed by atoms with E-state index in [1.165, 1.54) is 0 Å². The molecule has 0 bridgehead atoms. The molecule has 24 heavy (non-hydrogen) atoms. The first kappa shape index (κ1) is 16.1. The van der Waals surface area contributed by atoms with Gasteiger partial charge in [-0.3, -0.25) is 0 Å². The van der Waals surface area contributed by atoms with E-state index in [1.54, 1.807) is 30.3 Å². The monoisotopic (exact) mass is 343 g/mol. The molecule has 0 N–H and O–H groups in total. The minimum Gasteiger partial charge on any atom is -0.482 e. The first-order chi connectivity index (χ1) is 11.7. The zero-order valence-electron chi connectivity index (χ0n) is 12.6. The van der Waals surface area contributed by atoms with Crippen molar-refractivity contribution >= 4 is 17.6 Å². The molecule has 0 saturated carbocycles. The second kappa shape index (κ2) is 7.66. The molecule has 122 valence electrons. The van der Waals surface area contributed by atoms with Gasteiger partial charge in [0.05, 0.1) is 0 Å². The van der Waals surface area contributed by atoms with Crippen molar-refractivity contribution in [3.05, 3.63) is 71.4 Å². The highest BCUT2D eigenvalue weighted by Gasteiger charge is 2.10. The van der Waals surface area contributed by atoms with Crippen LogP contribution in [0.3, 0.4) is 0 Å². The van der Waals surface area contributed by atoms with Gasteiger partial charge in [-0.05, 0) is 18.2 Å². The maximum absolute atomic E-state index is 11.7. The summed E-state index contributed by atoms with van der Waals surface area (Å²) in [6.45, 7) is -0.183. The van der Waals surface area contributed by atoms with Crippen LogP contribution in [0.15, 0.2) is 65.2 Å². The molecule has 0 saturated heterocycles. The van der Waals surface area contributed by atoms with Gasteiger partial charge in [0.1, 0.15) is 18.1 Å². The van der Waals surface area contributed by atoms with Crippen molar-refractivity contribution in [2.75, 3.05) is 6.61 Å². The molecule has 0 aliphatic rings. The third-order valence-electron chi connectivity index (χ3n) is 3.15. The van der Waals surface area contributed by atoms with Crippen molar-refractivity contribution in [3.63, 3.8) is 0 Å². The van der Waals surface area contributed by atoms with Gasteiger partial charge >= 0.3 is 5.97 Å². The number of carbonyl (C=O) groups excluding carboxylic acids is 1. The normalized spacial score (nSPS) is 10.4. The minimum atomic E-state index is -0.501. The second-order valence-corrected chi connectivity index (χ2v) is 5.39. The molecule has 0 aliphatic heterocycles. The largest absolute Gasteiger partial charge is 0.482 e. The number of halogens is 1. The van der Waals surface area contributed by atoms with E-state index in [1.807, 2.05) is 30.3 Å². The quantitative estimate of drug-likeness (QED) is 0.630. The van der Waals surface area contributed by atoms with Crippen LogP contribution >= 0.6 is 11.6 Å². The van der Waals surface area contributed by atoms with E-state index in [2.05, 4.69) is 5.16 Å². The molecule has 0 atom stereocenters. The van der Waals surface area contributed by atoms with E-state index >= 15 is 0 Å². The summed E-state index contributed by atoms with van der Waals surface area (Å²) in [4.78, 5) is 11.7. The number of benzene rings is 2. The number of hydrogen-bond donors (Lipinski definition) is 0. The summed E-state index contributed by atoms with van der Waals surface area (Å²) in [5.74, 6) is 0.628. The van der Waals surface area contributed by atoms with Gasteiger partial charge in [0.15, 0.2) is 12.4 Å². The summed E-state index contributed by atoms with van der Waals surface area (Å²) in [5.41, 5.74) is 1.44. The van der Waals surface area contributed by atoms with Crippen LogP contribution in [0.2, 0.25) is 5.02 Å². The first-order valence-electron chi connectivity index (χ1n) is 7.26. The maximum Gasteiger partial charge on any atom is 0.344 e. The maximum atomic E-state index is 11.7. The highest BCUT2D eigenvalue weighted by molar-refractivity contribution is 6.30. The van der Waals surface area contributed by atoms with Crippen LogP contribution in [-0.4, -0.2) is 17.7 Å². The number of aromatic nitrogens is 1. The number of ether oxygens (including phenoxy) is 2. The third-order valence-corrected chi connectivity index (χ3v) is 3.39. The predicted molar refractivity (Wildman–Crippen MR) is 88.7 cm³/mol. The van der Waals surface area contributed by atoms with Gasteiger partial charge in [-0.25, -0.2) is 4.79 Å². The molecule has 0 spiro atoms. The Morgan fingerprint density at radius 2 is 1.92 bits per heavy atom. The molecular formula is C18H14ClNO4. The second-order valence-electron chi connectivity index (χ2n) is 4.96. The van der Waals surface area contributed by atoms with Gasteiger partial charge < -0.3 is 14.0 Å². The smallest absolute Gasteiger partial charge is 0.344 e. The van der Waals surface area contributed by atoms with Gasteiger partial charge in [0.2, 0.25) is 0 Å². The number of esters is 1. The third kappa shape index (κ3) is 4.36. The Balaban J connectivity index is 1.49. The lowest BCUT2D eigenvalue weighted by atomic mass is 10.2. The molecule has 0 amide bonds. The molecule has 2 aromatic carbocycles. The number of carbonyl (C=O) groups is 1. The summed E-state index contributed by atoms with van der Waals surface area (Å²) in [6, 6.07) is 18.1. The van der Waals surface area contributed by atoms with Crippen LogP contribution in [0.1, 0.15) is 5.69 Å². The Hall–Kier alpha value is -2.79. The van der Waals surface area contributed by atoms with Crippen molar-refractivity contribution in [1.82, 2.24) is 5.16 Å². The molecule has 0 radical (unpaired) electrons. The van der Waals surface area contributed by atoms with Crippen molar-refractivity contribution < 1.29 is 18.8 Å². The molecule has 0 unspecified atom stereocenters. The predicted octanol–water partition coefficient (Wildman–Crippen LogP) is 4.12. The molecule has 6 heteroatoms. The standard InChI is InChI=1S/C18H14ClNO4/c19-14-7-4-8-16(9-14)22-12-18(21)23-11-15-10-17(24-20-15)13-5-2-1-3-6-13/h1-10H,11-12H2. The van der Waals surface area contributed by atoms with E-state index < -0.39 is 5.97 Å². The van der Waals surface area contributed by atoms with Gasteiger partial charge in [0, 0.05) is 16.7 Å². The van der Waals surface area contributed by atoms with E-state index in [9.17, 15) is 4.79 Å². The lowest BCUT2D eigenvalue weighted by Crippen LogP contribution is -2.14. The van der Waals surface area contributed by atoms with Crippen LogP contribution in [0.4, 0.5) is 0 Å². The van der Waals surface area contributed by atoms with Crippen molar-refractivity contribution in [1.29, 1.82) is 0 Å². The Morgan fingerprint density at radius 3 is 2.71 bits per heavy atom. The fourth-order valence-corrected chi connectivity index (χ4v) is 2.19. The molecule has 5 nitrogen and oxygen atoms in total. The SMILES string of the molecule is O=C(COc1cccc(Cl)c1)OCc1cc(-c2ccccc2)on1. The summed E-state index contributed by atoms with van der Waals surface area (Å²) < 4.78 is 15.7. The first-order valence-corrected chi connectivity index (χ1v) is 7.63. The van der Waals surface area contributed by atoms with Crippen LogP contribution in [0, 0.1) is 0 Å². The molecule has 0 fully saturated rings. The Morgan fingerprint density at radius 1 is 1.08 bits per heavy atom. The lowest BCUT2D eigenvalue weighted by molar-refractivity contribution is -0.147. The fraction of sp³-hybridized carbons (Fsp3) is 0.111. The summed E-state index contributed by atoms with van der Waals surface area (Å²) in [6.07, 6.45) is 0. The van der Waals surface area contributed by atoms with E-state index in [-0.39, 0.29) is 13.2 Å². The van der Waals surface area contributed by atoms with Crippen LogP contribution < -0.4 is 4.74 Å². The van der Waals surface area contributed by atoms with Crippen LogP contribution in [0.5, 0.6) is 5.75 Å². The van der Waals surface area contributed by atoms with Crippen LogP contribution in [-0.2, 0) is 16.1 Å². The molecule has 3 aromatic rings. The van der Waals surface area contributed by atoms with Gasteiger partial charge in [-0.2, -0.15) is 0 Å². The van der Waals surface area contributed by atoms with E-state index in [0.717, 1.165) is 5.56 Å². The Bertz CT molecular complexity index is 817. The van der Waals surface area contributed by atoms with E-state index in [4.69, 9.17) is 25.6 Å². The number of rotatable bonds is 6. The zero-order valence-corrected chi connectivity index (χ0v) is 13.4. The average Bonchev–Trinajstić information content (AvgIpc) is 3.08. The van der Waals surface area contributed by atoms with Crippen molar-refractivity contribution in [2.45, 2.75) is 6.61 Å². The summed E-state index contributed by atoms with van der Waals surface area (Å²) >= 11 is 5.84. The van der Waals surface area contributed by atoms with Gasteiger partial charge in [-0.15, -0.1) is 0 Å². The van der Waals surface area contributed by atoms with Crippen LogP contribution in [0.25, 0.3) is 11.3 Å². The Kier molecular flexibility index (Phi) is 5.13. The fourth-order valence-electron chi connectivity index (χ4n) is 2.01. The minimum absolute atomic E-state index is 0.0219. The van der Waals surface area contributed by atoms with Gasteiger partial charge in [0.25, 0.3) is 0 Å². The van der Waals surface area contributed by atoms with Crippen molar-refractivity contribution in [3.8, 4) is 17.1 Å². The topological polar surface area (TPSA) is 61.6 Å².